The number of hydrogen-bond acceptors (Lipinski definition) is 4. The fraction of sp³-hybridized carbons (Fsp3) is 0.917. The smallest absolute Gasteiger partial charge is 0.237 e. The second-order valence-electron chi connectivity index (χ2n) is 4.70. The van der Waals surface area contributed by atoms with Gasteiger partial charge in [0, 0.05) is 18.9 Å². The fourth-order valence-corrected chi connectivity index (χ4v) is 2.51. The molecule has 0 fully saturated rings. The quantitative estimate of drug-likeness (QED) is 0.584. The zero-order valence-corrected chi connectivity index (χ0v) is 12.2. The molecular weight excluding hydrogens is 236 g/mol. The predicted molar refractivity (Wildman–Crippen MR) is 74.3 cm³/mol. The summed E-state index contributed by atoms with van der Waals surface area (Å²) in [7, 11) is 1.71. The molecule has 0 aliphatic rings. The largest absolute Gasteiger partial charge is 0.384 e. The van der Waals surface area contributed by atoms with E-state index >= 15 is 0 Å². The van der Waals surface area contributed by atoms with Crippen LogP contribution in [0.2, 0.25) is 0 Å². The lowest BCUT2D eigenvalue weighted by molar-refractivity contribution is -0.124. The highest BCUT2D eigenvalue weighted by molar-refractivity contribution is 7.99. The van der Waals surface area contributed by atoms with Crippen LogP contribution in [0, 0.1) is 0 Å². The SMILES string of the molecule is COCCSCCCC(C)(NC(C)C)C(N)=O. The van der Waals surface area contributed by atoms with Crippen LogP contribution in [0.5, 0.6) is 0 Å². The lowest BCUT2D eigenvalue weighted by Crippen LogP contribution is -2.55. The Hall–Kier alpha value is -0.260. The van der Waals surface area contributed by atoms with Crippen molar-refractivity contribution in [1.29, 1.82) is 0 Å². The van der Waals surface area contributed by atoms with Crippen LogP contribution in [-0.2, 0) is 9.53 Å². The molecule has 0 aromatic carbocycles. The first-order valence-electron chi connectivity index (χ1n) is 6.06. The minimum absolute atomic E-state index is 0.258. The summed E-state index contributed by atoms with van der Waals surface area (Å²) in [6.07, 6.45) is 1.76. The molecule has 5 heteroatoms. The Kier molecular flexibility index (Phi) is 8.64. The van der Waals surface area contributed by atoms with Crippen LogP contribution in [0.15, 0.2) is 0 Å². The Balaban J connectivity index is 3.89. The van der Waals surface area contributed by atoms with Crippen LogP contribution in [0.1, 0.15) is 33.6 Å². The Morgan fingerprint density at radius 2 is 2.12 bits per heavy atom. The van der Waals surface area contributed by atoms with E-state index in [4.69, 9.17) is 10.5 Å². The highest BCUT2D eigenvalue weighted by Crippen LogP contribution is 2.15. The third-order valence-corrected chi connectivity index (χ3v) is 3.58. The summed E-state index contributed by atoms with van der Waals surface area (Å²) in [5.74, 6) is 1.76. The number of amides is 1. The Morgan fingerprint density at radius 3 is 2.59 bits per heavy atom. The van der Waals surface area contributed by atoms with Crippen molar-refractivity contribution < 1.29 is 9.53 Å². The van der Waals surface area contributed by atoms with Gasteiger partial charge in [0.1, 0.15) is 0 Å². The Labute approximate surface area is 109 Å². The van der Waals surface area contributed by atoms with Gasteiger partial charge in [-0.3, -0.25) is 4.79 Å². The minimum Gasteiger partial charge on any atom is -0.384 e. The first-order valence-corrected chi connectivity index (χ1v) is 7.22. The van der Waals surface area contributed by atoms with Gasteiger partial charge in [-0.05, 0) is 39.4 Å². The van der Waals surface area contributed by atoms with Gasteiger partial charge in [0.15, 0.2) is 0 Å². The summed E-state index contributed by atoms with van der Waals surface area (Å²) in [5.41, 5.74) is 4.87. The number of thioether (sulfide) groups is 1. The van der Waals surface area contributed by atoms with E-state index in [0.29, 0.717) is 0 Å². The highest BCUT2D eigenvalue weighted by Gasteiger charge is 2.30. The number of ether oxygens (including phenoxy) is 1. The van der Waals surface area contributed by atoms with E-state index in [1.165, 1.54) is 0 Å². The van der Waals surface area contributed by atoms with Crippen molar-refractivity contribution in [3.05, 3.63) is 0 Å². The molecule has 0 spiro atoms. The van der Waals surface area contributed by atoms with Gasteiger partial charge in [-0.25, -0.2) is 0 Å². The van der Waals surface area contributed by atoms with Gasteiger partial charge in [0.25, 0.3) is 0 Å². The number of primary amides is 1. The number of rotatable bonds is 10. The average Bonchev–Trinajstić information content (AvgIpc) is 2.22. The van der Waals surface area contributed by atoms with E-state index in [0.717, 1.165) is 31.0 Å². The summed E-state index contributed by atoms with van der Waals surface area (Å²) in [4.78, 5) is 11.5. The Bertz CT molecular complexity index is 225. The predicted octanol–water partition coefficient (Wildman–Crippen LogP) is 1.39. The maximum Gasteiger partial charge on any atom is 0.237 e. The maximum atomic E-state index is 11.5. The number of nitrogens with one attached hydrogen (secondary N) is 1. The molecule has 0 bridgehead atoms. The molecule has 102 valence electrons. The fourth-order valence-electron chi connectivity index (χ4n) is 1.68. The molecule has 0 saturated heterocycles. The van der Waals surface area contributed by atoms with Crippen molar-refractivity contribution in [2.75, 3.05) is 25.2 Å². The Morgan fingerprint density at radius 1 is 1.47 bits per heavy atom. The summed E-state index contributed by atoms with van der Waals surface area (Å²) < 4.78 is 4.97. The second kappa shape index (κ2) is 8.78. The molecular formula is C12H26N2O2S. The first kappa shape index (κ1) is 16.7. The van der Waals surface area contributed by atoms with Crippen LogP contribution >= 0.6 is 11.8 Å². The van der Waals surface area contributed by atoms with Gasteiger partial charge in [0.05, 0.1) is 12.1 Å². The van der Waals surface area contributed by atoms with Gasteiger partial charge in [-0.1, -0.05) is 0 Å². The molecule has 3 N–H and O–H groups in total. The number of carbonyl (C=O) groups is 1. The molecule has 17 heavy (non-hydrogen) atoms. The molecule has 0 aromatic rings. The minimum atomic E-state index is -0.587. The number of hydrogen-bond donors (Lipinski definition) is 2. The number of carbonyl (C=O) groups excluding carboxylic acids is 1. The number of methoxy groups -OCH3 is 1. The standard InChI is InChI=1S/C12H26N2O2S/c1-10(2)14-12(3,11(13)15)6-5-8-17-9-7-16-4/h10,14H,5-9H2,1-4H3,(H2,13,15). The van der Waals surface area contributed by atoms with Crippen molar-refractivity contribution in [1.82, 2.24) is 5.32 Å². The lowest BCUT2D eigenvalue weighted by atomic mass is 9.94. The van der Waals surface area contributed by atoms with E-state index in [9.17, 15) is 4.79 Å². The van der Waals surface area contributed by atoms with Crippen molar-refractivity contribution in [3.63, 3.8) is 0 Å². The summed E-state index contributed by atoms with van der Waals surface area (Å²) in [5, 5.41) is 3.25. The van der Waals surface area contributed by atoms with Crippen molar-refractivity contribution in [2.24, 2.45) is 5.73 Å². The second-order valence-corrected chi connectivity index (χ2v) is 5.93. The molecule has 4 nitrogen and oxygen atoms in total. The van der Waals surface area contributed by atoms with E-state index in [2.05, 4.69) is 5.32 Å². The van der Waals surface area contributed by atoms with E-state index < -0.39 is 5.54 Å². The van der Waals surface area contributed by atoms with E-state index in [-0.39, 0.29) is 11.9 Å². The van der Waals surface area contributed by atoms with Crippen molar-refractivity contribution in [2.45, 2.75) is 45.2 Å². The van der Waals surface area contributed by atoms with Crippen LogP contribution in [0.4, 0.5) is 0 Å². The normalized spacial score (nSPS) is 14.9. The summed E-state index contributed by atoms with van der Waals surface area (Å²) in [6.45, 7) is 6.71. The first-order chi connectivity index (χ1) is 7.92. The zero-order valence-electron chi connectivity index (χ0n) is 11.4. The zero-order chi connectivity index (χ0) is 13.3. The van der Waals surface area contributed by atoms with Crippen molar-refractivity contribution in [3.8, 4) is 0 Å². The third-order valence-electron chi connectivity index (χ3n) is 2.55. The topological polar surface area (TPSA) is 64.3 Å². The molecule has 0 radical (unpaired) electrons. The third kappa shape index (κ3) is 7.63. The molecule has 1 unspecified atom stereocenters. The van der Waals surface area contributed by atoms with Gasteiger partial charge < -0.3 is 15.8 Å². The van der Waals surface area contributed by atoms with Crippen LogP contribution in [-0.4, -0.2) is 42.7 Å². The average molecular weight is 262 g/mol. The molecule has 1 atom stereocenters. The van der Waals surface area contributed by atoms with Gasteiger partial charge >= 0.3 is 0 Å². The molecule has 0 aliphatic carbocycles. The van der Waals surface area contributed by atoms with Crippen molar-refractivity contribution >= 4 is 17.7 Å². The summed E-state index contributed by atoms with van der Waals surface area (Å²) in [6, 6.07) is 0.258. The van der Waals surface area contributed by atoms with Crippen LogP contribution < -0.4 is 11.1 Å². The summed E-state index contributed by atoms with van der Waals surface area (Å²) >= 11 is 1.84. The molecule has 0 heterocycles. The van der Waals surface area contributed by atoms with Crippen LogP contribution in [0.3, 0.4) is 0 Å². The lowest BCUT2D eigenvalue weighted by Gasteiger charge is -2.29. The van der Waals surface area contributed by atoms with Gasteiger partial charge in [0.2, 0.25) is 5.91 Å². The van der Waals surface area contributed by atoms with E-state index in [1.807, 2.05) is 32.5 Å². The highest BCUT2D eigenvalue weighted by atomic mass is 32.2. The molecule has 0 aliphatic heterocycles. The molecule has 0 saturated carbocycles. The van der Waals surface area contributed by atoms with Gasteiger partial charge in [-0.15, -0.1) is 0 Å². The van der Waals surface area contributed by atoms with Crippen LogP contribution in [0.25, 0.3) is 0 Å². The number of nitrogens with two attached hydrogens (primary N) is 1. The molecule has 0 rings (SSSR count). The maximum absolute atomic E-state index is 11.5. The monoisotopic (exact) mass is 262 g/mol. The molecule has 0 aromatic heterocycles. The van der Waals surface area contributed by atoms with Gasteiger partial charge in [-0.2, -0.15) is 11.8 Å². The van der Waals surface area contributed by atoms with E-state index in [1.54, 1.807) is 7.11 Å². The molecule has 1 amide bonds.